The van der Waals surface area contributed by atoms with Crippen LogP contribution in [0.2, 0.25) is 0 Å². The van der Waals surface area contributed by atoms with Crippen LogP contribution in [0, 0.1) is 17.8 Å². The maximum Gasteiger partial charge on any atom is 0.172 e. The van der Waals surface area contributed by atoms with Gasteiger partial charge in [0.2, 0.25) is 0 Å². The van der Waals surface area contributed by atoms with Crippen molar-refractivity contribution in [3.63, 3.8) is 0 Å². The molecule has 1 saturated heterocycles. The second kappa shape index (κ2) is 11.1. The number of fused-ring (bicyclic) bond motifs is 2. The standard InChI is InChI=1S/C24H42O4/c1-2-3-4-5-6-7-8-9-10-11-12-20(25)14-13-19-17-22-21(23(19)26)18-24(22)27-15-16-28-24/h13-14,19-23,25-26H,2-12,15-18H2,1H3/t19?,20?,21-,22+,23?/m1/s1. The SMILES string of the molecule is CCCCCCCCCCCCC(O)C=CC1C[C@H]2[C@@H](CC23OCCO3)C1O. The normalized spacial score (nSPS) is 32.1. The van der Waals surface area contributed by atoms with Gasteiger partial charge in [0.1, 0.15) is 0 Å². The summed E-state index contributed by atoms with van der Waals surface area (Å²) in [5.74, 6) is 0.346. The van der Waals surface area contributed by atoms with Gasteiger partial charge in [0, 0.05) is 18.3 Å². The topological polar surface area (TPSA) is 58.9 Å². The second-order valence-corrected chi connectivity index (χ2v) is 9.30. The van der Waals surface area contributed by atoms with Crippen molar-refractivity contribution < 1.29 is 19.7 Å². The highest BCUT2D eigenvalue weighted by molar-refractivity contribution is 5.13. The lowest BCUT2D eigenvalue weighted by Gasteiger charge is -2.48. The molecule has 2 aliphatic carbocycles. The molecular weight excluding hydrogens is 352 g/mol. The third kappa shape index (κ3) is 5.59. The van der Waals surface area contributed by atoms with E-state index < -0.39 is 5.79 Å². The number of unbranched alkanes of at least 4 members (excludes halogenated alkanes) is 9. The Morgan fingerprint density at radius 2 is 1.57 bits per heavy atom. The van der Waals surface area contributed by atoms with E-state index >= 15 is 0 Å². The second-order valence-electron chi connectivity index (χ2n) is 9.30. The van der Waals surface area contributed by atoms with Crippen LogP contribution in [-0.2, 0) is 9.47 Å². The Balaban J connectivity index is 1.23. The van der Waals surface area contributed by atoms with Gasteiger partial charge < -0.3 is 19.7 Å². The van der Waals surface area contributed by atoms with Gasteiger partial charge in [-0.1, -0.05) is 83.3 Å². The Morgan fingerprint density at radius 1 is 0.964 bits per heavy atom. The number of hydrogen-bond donors (Lipinski definition) is 2. The highest BCUT2D eigenvalue weighted by Crippen LogP contribution is 2.59. The quantitative estimate of drug-likeness (QED) is 0.342. The summed E-state index contributed by atoms with van der Waals surface area (Å²) in [5, 5.41) is 20.8. The molecule has 0 radical (unpaired) electrons. The molecule has 1 heterocycles. The third-order valence-corrected chi connectivity index (χ3v) is 7.22. The Morgan fingerprint density at radius 3 is 2.21 bits per heavy atom. The van der Waals surface area contributed by atoms with E-state index in [1.165, 1.54) is 57.8 Å². The Bertz CT molecular complexity index is 471. The number of ether oxygens (including phenoxy) is 2. The van der Waals surface area contributed by atoms with Crippen LogP contribution < -0.4 is 0 Å². The largest absolute Gasteiger partial charge is 0.392 e. The molecule has 0 amide bonds. The molecule has 1 spiro atoms. The fourth-order valence-corrected chi connectivity index (χ4v) is 5.45. The minimum absolute atomic E-state index is 0.129. The van der Waals surface area contributed by atoms with E-state index in [0.29, 0.717) is 25.0 Å². The number of aliphatic hydroxyl groups is 2. The van der Waals surface area contributed by atoms with Crippen LogP contribution in [0.25, 0.3) is 0 Å². The molecule has 2 saturated carbocycles. The lowest BCUT2D eigenvalue weighted by Crippen LogP contribution is -2.54. The van der Waals surface area contributed by atoms with Crippen molar-refractivity contribution in [2.45, 2.75) is 108 Å². The maximum absolute atomic E-state index is 10.6. The van der Waals surface area contributed by atoms with Crippen molar-refractivity contribution in [3.05, 3.63) is 12.2 Å². The molecule has 0 bridgehead atoms. The summed E-state index contributed by atoms with van der Waals surface area (Å²) in [6, 6.07) is 0. The molecule has 3 rings (SSSR count). The predicted octanol–water partition coefficient (Wildman–Crippen LogP) is 4.97. The summed E-state index contributed by atoms with van der Waals surface area (Å²) in [6.07, 6.45) is 19.0. The predicted molar refractivity (Wildman–Crippen MR) is 112 cm³/mol. The first-order valence-electron chi connectivity index (χ1n) is 12.0. The first-order valence-corrected chi connectivity index (χ1v) is 12.0. The van der Waals surface area contributed by atoms with Crippen molar-refractivity contribution >= 4 is 0 Å². The highest BCUT2D eigenvalue weighted by atomic mass is 16.7. The third-order valence-electron chi connectivity index (χ3n) is 7.22. The molecule has 3 aliphatic rings. The summed E-state index contributed by atoms with van der Waals surface area (Å²) in [5.41, 5.74) is 0. The summed E-state index contributed by atoms with van der Waals surface area (Å²) >= 11 is 0. The minimum Gasteiger partial charge on any atom is -0.392 e. The zero-order chi connectivity index (χ0) is 19.8. The summed E-state index contributed by atoms with van der Waals surface area (Å²) < 4.78 is 11.6. The van der Waals surface area contributed by atoms with Crippen molar-refractivity contribution in [1.29, 1.82) is 0 Å². The van der Waals surface area contributed by atoms with E-state index in [0.717, 1.165) is 25.7 Å². The van der Waals surface area contributed by atoms with Gasteiger partial charge in [-0.3, -0.25) is 0 Å². The highest BCUT2D eigenvalue weighted by Gasteiger charge is 2.64. The average molecular weight is 395 g/mol. The summed E-state index contributed by atoms with van der Waals surface area (Å²) in [7, 11) is 0. The molecule has 28 heavy (non-hydrogen) atoms. The lowest BCUT2D eigenvalue weighted by atomic mass is 9.69. The molecule has 0 aromatic rings. The van der Waals surface area contributed by atoms with Crippen molar-refractivity contribution in [1.82, 2.24) is 0 Å². The molecule has 3 unspecified atom stereocenters. The van der Waals surface area contributed by atoms with Gasteiger partial charge >= 0.3 is 0 Å². The Hall–Kier alpha value is -0.420. The first kappa shape index (κ1) is 22.3. The van der Waals surface area contributed by atoms with Gasteiger partial charge in [0.05, 0.1) is 25.4 Å². The van der Waals surface area contributed by atoms with Crippen molar-refractivity contribution in [2.24, 2.45) is 17.8 Å². The van der Waals surface area contributed by atoms with Gasteiger partial charge in [-0.05, 0) is 18.8 Å². The van der Waals surface area contributed by atoms with Crippen LogP contribution in [0.15, 0.2) is 12.2 Å². The van der Waals surface area contributed by atoms with Gasteiger partial charge in [0.25, 0.3) is 0 Å². The molecule has 1 aliphatic heterocycles. The zero-order valence-corrected chi connectivity index (χ0v) is 17.9. The molecule has 5 atom stereocenters. The molecule has 0 aromatic heterocycles. The van der Waals surface area contributed by atoms with Gasteiger partial charge in [0.15, 0.2) is 5.79 Å². The van der Waals surface area contributed by atoms with Gasteiger partial charge in [-0.25, -0.2) is 0 Å². The molecule has 4 heteroatoms. The van der Waals surface area contributed by atoms with Crippen LogP contribution >= 0.6 is 0 Å². The number of aliphatic hydroxyl groups excluding tert-OH is 2. The van der Waals surface area contributed by atoms with Crippen molar-refractivity contribution in [3.8, 4) is 0 Å². The lowest BCUT2D eigenvalue weighted by molar-refractivity contribution is -0.275. The molecule has 3 fully saturated rings. The smallest absolute Gasteiger partial charge is 0.172 e. The van der Waals surface area contributed by atoms with Crippen LogP contribution in [0.3, 0.4) is 0 Å². The number of rotatable bonds is 13. The van der Waals surface area contributed by atoms with Crippen LogP contribution in [0.5, 0.6) is 0 Å². The van der Waals surface area contributed by atoms with E-state index in [9.17, 15) is 10.2 Å². The van der Waals surface area contributed by atoms with Crippen molar-refractivity contribution in [2.75, 3.05) is 13.2 Å². The zero-order valence-electron chi connectivity index (χ0n) is 17.9. The van der Waals surface area contributed by atoms with Crippen LogP contribution in [0.4, 0.5) is 0 Å². The Kier molecular flexibility index (Phi) is 8.83. The maximum atomic E-state index is 10.6. The summed E-state index contributed by atoms with van der Waals surface area (Å²) in [4.78, 5) is 0. The summed E-state index contributed by atoms with van der Waals surface area (Å²) in [6.45, 7) is 3.62. The number of hydrogen-bond acceptors (Lipinski definition) is 4. The molecule has 0 aromatic carbocycles. The fraction of sp³-hybridized carbons (Fsp3) is 0.917. The van der Waals surface area contributed by atoms with Crippen LogP contribution in [-0.4, -0.2) is 41.4 Å². The first-order chi connectivity index (χ1) is 13.7. The van der Waals surface area contributed by atoms with Crippen LogP contribution in [0.1, 0.15) is 90.4 Å². The molecule has 2 N–H and O–H groups in total. The Labute approximate surface area is 171 Å². The molecule has 4 nitrogen and oxygen atoms in total. The van der Waals surface area contributed by atoms with E-state index in [4.69, 9.17) is 9.47 Å². The van der Waals surface area contributed by atoms with Gasteiger partial charge in [-0.15, -0.1) is 0 Å². The average Bonchev–Trinajstić information content (AvgIpc) is 3.27. The molecule has 162 valence electrons. The van der Waals surface area contributed by atoms with E-state index in [1.807, 2.05) is 12.2 Å². The minimum atomic E-state index is -0.400. The van der Waals surface area contributed by atoms with E-state index in [-0.39, 0.29) is 18.1 Å². The van der Waals surface area contributed by atoms with E-state index in [2.05, 4.69) is 6.92 Å². The van der Waals surface area contributed by atoms with Gasteiger partial charge in [-0.2, -0.15) is 0 Å². The monoisotopic (exact) mass is 394 g/mol. The van der Waals surface area contributed by atoms with E-state index in [1.54, 1.807) is 0 Å². The fourth-order valence-electron chi connectivity index (χ4n) is 5.45. The molecular formula is C24H42O4.